The Morgan fingerprint density at radius 3 is 2.56 bits per heavy atom. The number of carbonyl (C=O) groups is 1. The molecule has 3 aromatic rings. The normalized spacial score (nSPS) is 14.6. The van der Waals surface area contributed by atoms with Crippen LogP contribution in [-0.2, 0) is 35.1 Å². The second kappa shape index (κ2) is 8.14. The lowest BCUT2D eigenvalue weighted by Gasteiger charge is -2.23. The van der Waals surface area contributed by atoms with Gasteiger partial charge in [-0.05, 0) is 52.0 Å². The Morgan fingerprint density at radius 2 is 1.88 bits per heavy atom. The average molecular weight is 456 g/mol. The van der Waals surface area contributed by atoms with E-state index in [4.69, 9.17) is 5.10 Å². The molecule has 0 spiro atoms. The van der Waals surface area contributed by atoms with Crippen molar-refractivity contribution in [2.45, 2.75) is 91.1 Å². The topological polar surface area (TPSA) is 81.8 Å². The summed E-state index contributed by atoms with van der Waals surface area (Å²) in [4.78, 5) is 32.6. The molecule has 0 saturated carbocycles. The summed E-state index contributed by atoms with van der Waals surface area (Å²) in [5.41, 5.74) is 1.68. The number of amides is 1. The van der Waals surface area contributed by atoms with Crippen LogP contribution in [0.3, 0.4) is 0 Å². The Bertz CT molecular complexity index is 1220. The number of aromatic nitrogens is 4. The number of fused-ring (bicyclic) bond motifs is 3. The predicted octanol–water partition coefficient (Wildman–Crippen LogP) is 4.61. The van der Waals surface area contributed by atoms with E-state index in [-0.39, 0.29) is 28.8 Å². The molecule has 32 heavy (non-hydrogen) atoms. The van der Waals surface area contributed by atoms with Crippen molar-refractivity contribution in [2.24, 2.45) is 0 Å². The van der Waals surface area contributed by atoms with Crippen LogP contribution in [0.15, 0.2) is 17.2 Å². The fourth-order valence-corrected chi connectivity index (χ4v) is 5.34. The van der Waals surface area contributed by atoms with Crippen LogP contribution in [0, 0.1) is 0 Å². The highest BCUT2D eigenvalue weighted by Crippen LogP contribution is 2.33. The van der Waals surface area contributed by atoms with E-state index in [0.717, 1.165) is 35.2 Å². The molecular weight excluding hydrogens is 422 g/mol. The molecule has 8 heteroatoms. The highest BCUT2D eigenvalue weighted by Gasteiger charge is 2.26. The molecule has 0 saturated heterocycles. The number of nitrogens with zero attached hydrogens (tertiary/aromatic N) is 4. The van der Waals surface area contributed by atoms with Crippen LogP contribution in [0.1, 0.15) is 76.9 Å². The smallest absolute Gasteiger partial charge is 0.262 e. The molecule has 172 valence electrons. The van der Waals surface area contributed by atoms with Crippen LogP contribution in [0.5, 0.6) is 0 Å². The van der Waals surface area contributed by atoms with E-state index in [1.807, 2.05) is 10.7 Å². The Morgan fingerprint density at radius 1 is 1.16 bits per heavy atom. The van der Waals surface area contributed by atoms with Gasteiger partial charge in [0.05, 0.1) is 22.9 Å². The molecule has 0 aliphatic heterocycles. The third-order valence-corrected chi connectivity index (χ3v) is 7.10. The van der Waals surface area contributed by atoms with E-state index in [2.05, 4.69) is 51.8 Å². The lowest BCUT2D eigenvalue weighted by molar-refractivity contribution is -0.116. The summed E-state index contributed by atoms with van der Waals surface area (Å²) < 4.78 is 3.44. The van der Waals surface area contributed by atoms with E-state index in [1.54, 1.807) is 22.2 Å². The van der Waals surface area contributed by atoms with E-state index in [1.165, 1.54) is 16.9 Å². The quantitative estimate of drug-likeness (QED) is 0.623. The van der Waals surface area contributed by atoms with Gasteiger partial charge in [-0.3, -0.25) is 14.2 Å². The van der Waals surface area contributed by atoms with Crippen molar-refractivity contribution in [3.63, 3.8) is 0 Å². The van der Waals surface area contributed by atoms with Crippen LogP contribution in [0.4, 0.5) is 5.82 Å². The maximum absolute atomic E-state index is 13.1. The van der Waals surface area contributed by atoms with Crippen LogP contribution in [-0.4, -0.2) is 25.2 Å². The van der Waals surface area contributed by atoms with Gasteiger partial charge in [0.25, 0.3) is 5.56 Å². The van der Waals surface area contributed by atoms with Gasteiger partial charge >= 0.3 is 0 Å². The van der Waals surface area contributed by atoms with Gasteiger partial charge in [-0.2, -0.15) is 5.10 Å². The van der Waals surface area contributed by atoms with E-state index in [9.17, 15) is 9.59 Å². The minimum absolute atomic E-state index is 0.0306. The van der Waals surface area contributed by atoms with E-state index in [0.29, 0.717) is 12.4 Å². The molecule has 3 aromatic heterocycles. The van der Waals surface area contributed by atoms with Crippen molar-refractivity contribution >= 4 is 33.3 Å². The number of rotatable bonds is 4. The first kappa shape index (κ1) is 22.7. The maximum Gasteiger partial charge on any atom is 0.262 e. The van der Waals surface area contributed by atoms with Crippen molar-refractivity contribution in [3.05, 3.63) is 38.9 Å². The zero-order valence-corrected chi connectivity index (χ0v) is 20.7. The zero-order valence-electron chi connectivity index (χ0n) is 19.9. The van der Waals surface area contributed by atoms with Gasteiger partial charge in [0.1, 0.15) is 10.6 Å². The molecule has 3 heterocycles. The van der Waals surface area contributed by atoms with Crippen LogP contribution >= 0.6 is 11.3 Å². The standard InChI is InChI=1S/C24H33N5O2S/c1-23(2,3)17-13-18(29(27-17)24(4,5)6)26-19(30)11-12-28-14-25-21-20(22(28)31)15-9-7-8-10-16(15)32-21/h13-14H,7-12H2,1-6H3,(H,26,30). The zero-order chi connectivity index (χ0) is 23.3. The number of nitrogens with one attached hydrogen (secondary N) is 1. The monoisotopic (exact) mass is 455 g/mol. The highest BCUT2D eigenvalue weighted by atomic mass is 32.1. The van der Waals surface area contributed by atoms with Gasteiger partial charge in [0.15, 0.2) is 0 Å². The molecule has 4 rings (SSSR count). The Balaban J connectivity index is 1.53. The summed E-state index contributed by atoms with van der Waals surface area (Å²) in [6, 6.07) is 1.95. The molecule has 0 atom stereocenters. The predicted molar refractivity (Wildman–Crippen MR) is 130 cm³/mol. The fourth-order valence-electron chi connectivity index (χ4n) is 4.12. The molecule has 1 aliphatic carbocycles. The van der Waals surface area contributed by atoms with Crippen molar-refractivity contribution in [3.8, 4) is 0 Å². The SMILES string of the molecule is CC(C)(C)c1cc(NC(=O)CCn2cnc3sc4c(c3c2=O)CCCC4)n(C(C)(C)C)n1. The van der Waals surface area contributed by atoms with Crippen molar-refractivity contribution < 1.29 is 4.79 Å². The van der Waals surface area contributed by atoms with Crippen molar-refractivity contribution in [1.29, 1.82) is 0 Å². The molecule has 0 radical (unpaired) electrons. The number of anilines is 1. The van der Waals surface area contributed by atoms with Gasteiger partial charge in [0.2, 0.25) is 5.91 Å². The molecule has 1 amide bonds. The Kier molecular flexibility index (Phi) is 5.77. The molecule has 0 bridgehead atoms. The van der Waals surface area contributed by atoms with Crippen LogP contribution < -0.4 is 10.9 Å². The third-order valence-electron chi connectivity index (χ3n) is 5.90. The van der Waals surface area contributed by atoms with Gasteiger partial charge in [0, 0.05) is 29.3 Å². The summed E-state index contributed by atoms with van der Waals surface area (Å²) in [6.07, 6.45) is 6.06. The van der Waals surface area contributed by atoms with Gasteiger partial charge in [-0.25, -0.2) is 9.67 Å². The molecule has 1 aliphatic rings. The number of aryl methyl sites for hydroxylation is 3. The van der Waals surface area contributed by atoms with Crippen LogP contribution in [0.2, 0.25) is 0 Å². The number of carbonyl (C=O) groups excluding carboxylic acids is 1. The van der Waals surface area contributed by atoms with Crippen molar-refractivity contribution in [1.82, 2.24) is 19.3 Å². The second-order valence-electron chi connectivity index (χ2n) is 10.7. The Hall–Kier alpha value is -2.48. The van der Waals surface area contributed by atoms with E-state index < -0.39 is 0 Å². The summed E-state index contributed by atoms with van der Waals surface area (Å²) in [5, 5.41) is 8.51. The molecule has 0 unspecified atom stereocenters. The molecule has 7 nitrogen and oxygen atoms in total. The first-order valence-corrected chi connectivity index (χ1v) is 12.2. The van der Waals surface area contributed by atoms with Gasteiger partial charge < -0.3 is 5.32 Å². The maximum atomic E-state index is 13.1. The van der Waals surface area contributed by atoms with Crippen LogP contribution in [0.25, 0.3) is 10.2 Å². The Labute approximate surface area is 192 Å². The van der Waals surface area contributed by atoms with E-state index >= 15 is 0 Å². The molecular formula is C24H33N5O2S. The summed E-state index contributed by atoms with van der Waals surface area (Å²) >= 11 is 1.64. The van der Waals surface area contributed by atoms with Gasteiger partial charge in [-0.15, -0.1) is 11.3 Å². The average Bonchev–Trinajstić information content (AvgIpc) is 3.29. The van der Waals surface area contributed by atoms with Gasteiger partial charge in [-0.1, -0.05) is 20.8 Å². The second-order valence-corrected chi connectivity index (χ2v) is 11.8. The first-order chi connectivity index (χ1) is 14.9. The molecule has 0 aromatic carbocycles. The lowest BCUT2D eigenvalue weighted by atomic mass is 9.92. The summed E-state index contributed by atoms with van der Waals surface area (Å²) in [5.74, 6) is 0.537. The number of hydrogen-bond donors (Lipinski definition) is 1. The molecule has 0 fully saturated rings. The molecule has 1 N–H and O–H groups in total. The summed E-state index contributed by atoms with van der Waals surface area (Å²) in [7, 11) is 0. The third kappa shape index (κ3) is 4.37. The largest absolute Gasteiger partial charge is 0.311 e. The first-order valence-electron chi connectivity index (χ1n) is 11.4. The highest BCUT2D eigenvalue weighted by molar-refractivity contribution is 7.18. The number of thiophene rings is 1. The summed E-state index contributed by atoms with van der Waals surface area (Å²) in [6.45, 7) is 12.8. The lowest BCUT2D eigenvalue weighted by Crippen LogP contribution is -2.28. The minimum atomic E-state index is -0.268. The number of hydrogen-bond acceptors (Lipinski definition) is 5. The minimum Gasteiger partial charge on any atom is -0.311 e. The van der Waals surface area contributed by atoms with Crippen molar-refractivity contribution in [2.75, 3.05) is 5.32 Å². The fraction of sp³-hybridized carbons (Fsp3) is 0.583.